The van der Waals surface area contributed by atoms with Crippen LogP contribution in [0.2, 0.25) is 0 Å². The zero-order chi connectivity index (χ0) is 21.5. The second-order valence-corrected chi connectivity index (χ2v) is 7.98. The fourth-order valence-corrected chi connectivity index (χ4v) is 4.17. The molecule has 9 heteroatoms. The van der Waals surface area contributed by atoms with Crippen LogP contribution in [-0.4, -0.2) is 49.1 Å². The third-order valence-corrected chi connectivity index (χ3v) is 5.87. The lowest BCUT2D eigenvalue weighted by molar-refractivity contribution is -0.119. The molecule has 3 aromatic heterocycles. The molecule has 31 heavy (non-hydrogen) atoms. The van der Waals surface area contributed by atoms with Crippen LogP contribution in [0.5, 0.6) is 0 Å². The van der Waals surface area contributed by atoms with E-state index in [4.69, 9.17) is 4.52 Å². The number of nitrogens with one attached hydrogen (secondary N) is 1. The van der Waals surface area contributed by atoms with E-state index in [1.54, 1.807) is 15.5 Å². The van der Waals surface area contributed by atoms with Crippen molar-refractivity contribution in [3.8, 4) is 22.8 Å². The van der Waals surface area contributed by atoms with Gasteiger partial charge in [0.05, 0.1) is 11.4 Å². The van der Waals surface area contributed by atoms with E-state index >= 15 is 0 Å². The summed E-state index contributed by atoms with van der Waals surface area (Å²) in [7, 11) is 0. The average molecular weight is 418 g/mol. The van der Waals surface area contributed by atoms with E-state index in [9.17, 15) is 9.59 Å². The predicted octanol–water partition coefficient (Wildman–Crippen LogP) is 2.69. The second-order valence-electron chi connectivity index (χ2n) is 7.98. The molecule has 0 unspecified atom stereocenters. The van der Waals surface area contributed by atoms with Gasteiger partial charge in [0.2, 0.25) is 12.2 Å². The summed E-state index contributed by atoms with van der Waals surface area (Å²) in [5, 5.41) is 8.79. The Hall–Kier alpha value is -3.75. The van der Waals surface area contributed by atoms with Crippen molar-refractivity contribution in [1.29, 1.82) is 0 Å². The van der Waals surface area contributed by atoms with Gasteiger partial charge in [-0.1, -0.05) is 35.0 Å². The lowest BCUT2D eigenvalue weighted by Crippen LogP contribution is -2.32. The molecule has 9 nitrogen and oxygen atoms in total. The number of hydrogen-bond acceptors (Lipinski definition) is 6. The largest absolute Gasteiger partial charge is 0.345 e. The normalized spacial score (nSPS) is 15.0. The number of carbonyl (C=O) groups is 1. The van der Waals surface area contributed by atoms with Gasteiger partial charge in [-0.15, -0.1) is 0 Å². The van der Waals surface area contributed by atoms with Crippen LogP contribution < -0.4 is 5.56 Å². The van der Waals surface area contributed by atoms with Crippen LogP contribution in [0.15, 0.2) is 39.6 Å². The van der Waals surface area contributed by atoms with Crippen molar-refractivity contribution in [2.75, 3.05) is 13.1 Å². The summed E-state index contributed by atoms with van der Waals surface area (Å²) >= 11 is 0. The summed E-state index contributed by atoms with van der Waals surface area (Å²) in [4.78, 5) is 32.7. The highest BCUT2D eigenvalue weighted by Crippen LogP contribution is 2.31. The van der Waals surface area contributed by atoms with E-state index in [-0.39, 0.29) is 11.5 Å². The molecule has 0 radical (unpaired) electrons. The second kappa shape index (κ2) is 7.50. The molecule has 0 atom stereocenters. The molecule has 0 aliphatic carbocycles. The summed E-state index contributed by atoms with van der Waals surface area (Å²) in [6, 6.07) is 9.46. The summed E-state index contributed by atoms with van der Waals surface area (Å²) in [6.07, 6.45) is 2.44. The Morgan fingerprint density at radius 1 is 1.16 bits per heavy atom. The first-order chi connectivity index (χ1) is 15.0. The van der Waals surface area contributed by atoms with E-state index in [1.165, 1.54) is 0 Å². The molecular formula is C22H22N6O3. The number of H-pyrrole nitrogens is 1. The van der Waals surface area contributed by atoms with Gasteiger partial charge in [-0.05, 0) is 26.7 Å². The van der Waals surface area contributed by atoms with Crippen LogP contribution in [0.3, 0.4) is 0 Å². The van der Waals surface area contributed by atoms with Crippen LogP contribution in [0.4, 0.5) is 0 Å². The molecule has 0 saturated carbocycles. The van der Waals surface area contributed by atoms with Gasteiger partial charge in [-0.3, -0.25) is 9.59 Å². The molecule has 1 aliphatic rings. The van der Waals surface area contributed by atoms with Crippen molar-refractivity contribution in [3.05, 3.63) is 57.6 Å². The van der Waals surface area contributed by atoms with Crippen LogP contribution in [-0.2, 0) is 4.79 Å². The fourth-order valence-electron chi connectivity index (χ4n) is 4.17. The number of benzene rings is 1. The first kappa shape index (κ1) is 19.2. The summed E-state index contributed by atoms with van der Waals surface area (Å²) in [6.45, 7) is 5.21. The molecular weight excluding hydrogens is 396 g/mol. The molecule has 4 aromatic rings. The maximum Gasteiger partial charge on any atom is 0.263 e. The number of aromatic amines is 1. The maximum atomic E-state index is 12.5. The number of carbonyl (C=O) groups excluding carboxylic acids is 1. The van der Waals surface area contributed by atoms with E-state index in [0.29, 0.717) is 41.7 Å². The molecule has 4 heterocycles. The number of nitrogens with zero attached hydrogens (tertiary/aromatic N) is 5. The minimum absolute atomic E-state index is 0.138. The van der Waals surface area contributed by atoms with Gasteiger partial charge >= 0.3 is 0 Å². The monoisotopic (exact) mass is 418 g/mol. The Morgan fingerprint density at radius 3 is 2.61 bits per heavy atom. The zero-order valence-electron chi connectivity index (χ0n) is 17.3. The molecule has 5 rings (SSSR count). The highest BCUT2D eigenvalue weighted by Gasteiger charge is 2.26. The molecule has 1 fully saturated rings. The third-order valence-electron chi connectivity index (χ3n) is 5.87. The highest BCUT2D eigenvalue weighted by atomic mass is 16.5. The molecule has 1 saturated heterocycles. The topological polar surface area (TPSA) is 109 Å². The molecule has 0 bridgehead atoms. The van der Waals surface area contributed by atoms with Crippen molar-refractivity contribution < 1.29 is 9.32 Å². The number of likely N-dealkylation sites (tertiary alicyclic amines) is 1. The quantitative estimate of drug-likeness (QED) is 0.510. The standard InChI is InChI=1S/C22H22N6O3/c1-13-3-5-16(6-4-13)20-24-22(31-26-20)19-14(2)25-28-17(11-18(30)23-21(19)28)15-7-9-27(12-29)10-8-15/h3-6,11-12,15H,7-10H2,1-2H3,(H,23,30). The van der Waals surface area contributed by atoms with Crippen molar-refractivity contribution in [1.82, 2.24) is 29.6 Å². The van der Waals surface area contributed by atoms with Crippen LogP contribution in [0.25, 0.3) is 28.5 Å². The summed E-state index contributed by atoms with van der Waals surface area (Å²) in [5.41, 5.74) is 4.47. The highest BCUT2D eigenvalue weighted by molar-refractivity contribution is 5.75. The number of aryl methyl sites for hydroxylation is 2. The third kappa shape index (κ3) is 3.41. The van der Waals surface area contributed by atoms with E-state index < -0.39 is 0 Å². The van der Waals surface area contributed by atoms with Gasteiger partial charge in [0.25, 0.3) is 11.4 Å². The van der Waals surface area contributed by atoms with Crippen molar-refractivity contribution in [2.45, 2.75) is 32.6 Å². The van der Waals surface area contributed by atoms with Crippen LogP contribution in [0, 0.1) is 13.8 Å². The lowest BCUT2D eigenvalue weighted by atomic mass is 9.93. The first-order valence-corrected chi connectivity index (χ1v) is 10.3. The van der Waals surface area contributed by atoms with Gasteiger partial charge in [-0.2, -0.15) is 10.1 Å². The number of fused-ring (bicyclic) bond motifs is 1. The van der Waals surface area contributed by atoms with Crippen LogP contribution in [0.1, 0.15) is 35.7 Å². The predicted molar refractivity (Wildman–Crippen MR) is 114 cm³/mol. The lowest BCUT2D eigenvalue weighted by Gasteiger charge is -2.29. The molecule has 1 amide bonds. The number of piperidine rings is 1. The Labute approximate surface area is 177 Å². The van der Waals surface area contributed by atoms with Crippen molar-refractivity contribution in [3.63, 3.8) is 0 Å². The first-order valence-electron chi connectivity index (χ1n) is 10.3. The van der Waals surface area contributed by atoms with Crippen LogP contribution >= 0.6 is 0 Å². The van der Waals surface area contributed by atoms with Crippen molar-refractivity contribution in [2.24, 2.45) is 0 Å². The Morgan fingerprint density at radius 2 is 1.90 bits per heavy atom. The van der Waals surface area contributed by atoms with E-state index in [0.717, 1.165) is 36.1 Å². The molecule has 158 valence electrons. The summed E-state index contributed by atoms with van der Waals surface area (Å²) < 4.78 is 7.32. The van der Waals surface area contributed by atoms with Gasteiger partial charge in [-0.25, -0.2) is 4.52 Å². The molecule has 0 spiro atoms. The minimum atomic E-state index is -0.209. The fraction of sp³-hybridized carbons (Fsp3) is 0.318. The smallest absolute Gasteiger partial charge is 0.263 e. The molecule has 1 N–H and O–H groups in total. The SMILES string of the molecule is Cc1ccc(-c2noc(-c3c(C)nn4c(C5CCN(C=O)CC5)cc(=O)[nH]c34)n2)cc1. The zero-order valence-corrected chi connectivity index (χ0v) is 17.3. The number of rotatable bonds is 4. The minimum Gasteiger partial charge on any atom is -0.345 e. The number of amides is 1. The number of aromatic nitrogens is 5. The Kier molecular flexibility index (Phi) is 4.65. The molecule has 1 aliphatic heterocycles. The van der Waals surface area contributed by atoms with Crippen molar-refractivity contribution >= 4 is 12.1 Å². The van der Waals surface area contributed by atoms with Gasteiger partial charge in [0.1, 0.15) is 11.2 Å². The Balaban J connectivity index is 1.57. The van der Waals surface area contributed by atoms with E-state index in [2.05, 4.69) is 20.2 Å². The summed E-state index contributed by atoms with van der Waals surface area (Å²) in [5.74, 6) is 0.930. The van der Waals surface area contributed by atoms with E-state index in [1.807, 2.05) is 38.1 Å². The average Bonchev–Trinajstić information content (AvgIpc) is 3.37. The maximum absolute atomic E-state index is 12.5. The van der Waals surface area contributed by atoms with Gasteiger partial charge in [0.15, 0.2) is 0 Å². The van der Waals surface area contributed by atoms with Gasteiger partial charge < -0.3 is 14.4 Å². The molecule has 1 aromatic carbocycles. The van der Waals surface area contributed by atoms with Gasteiger partial charge in [0, 0.05) is 30.6 Å². The Bertz CT molecular complexity index is 1310. The number of hydrogen-bond donors (Lipinski definition) is 1.